The molecule has 0 radical (unpaired) electrons. The summed E-state index contributed by atoms with van der Waals surface area (Å²) in [5, 5.41) is 9.52. The molecule has 3 rings (SSSR count). The summed E-state index contributed by atoms with van der Waals surface area (Å²) >= 11 is 0. The smallest absolute Gasteiger partial charge is 0.136 e. The molecule has 0 spiro atoms. The molecule has 0 amide bonds. The number of carbonyl (C=O) groups excluding carboxylic acids is 1. The number of benzene rings is 1. The topological polar surface area (TPSA) is 37.3 Å². The lowest BCUT2D eigenvalue weighted by Crippen LogP contribution is -2.32. The van der Waals surface area contributed by atoms with Gasteiger partial charge >= 0.3 is 0 Å². The summed E-state index contributed by atoms with van der Waals surface area (Å²) in [6.07, 6.45) is 10.6. The molecule has 0 atom stereocenters. The van der Waals surface area contributed by atoms with E-state index >= 15 is 0 Å². The van der Waals surface area contributed by atoms with Gasteiger partial charge in [0.15, 0.2) is 0 Å². The number of Topliss-reactive ketones (excluding diaryl/α,β-unsaturated/α-hetero) is 1. The first-order chi connectivity index (χ1) is 9.71. The Morgan fingerprint density at radius 2 is 1.65 bits per heavy atom. The first-order valence-corrected chi connectivity index (χ1v) is 7.71. The van der Waals surface area contributed by atoms with Crippen molar-refractivity contribution in [2.45, 2.75) is 56.8 Å². The van der Waals surface area contributed by atoms with E-state index in [1.54, 1.807) is 12.1 Å². The molecule has 2 aliphatic carbocycles. The number of phenols is 1. The van der Waals surface area contributed by atoms with Crippen LogP contribution in [0.1, 0.15) is 56.9 Å². The number of rotatable bonds is 2. The summed E-state index contributed by atoms with van der Waals surface area (Å²) in [7, 11) is 0. The van der Waals surface area contributed by atoms with E-state index in [9.17, 15) is 9.90 Å². The molecule has 1 aromatic carbocycles. The Kier molecular flexibility index (Phi) is 3.64. The van der Waals surface area contributed by atoms with Crippen molar-refractivity contribution in [3.8, 4) is 5.75 Å². The van der Waals surface area contributed by atoms with Crippen LogP contribution in [0.15, 0.2) is 35.9 Å². The molecular formula is C18H22O2. The lowest BCUT2D eigenvalue weighted by Gasteiger charge is -2.41. The van der Waals surface area contributed by atoms with Crippen LogP contribution in [0.2, 0.25) is 0 Å². The Balaban J connectivity index is 2.00. The molecule has 2 nitrogen and oxygen atoms in total. The van der Waals surface area contributed by atoms with Gasteiger partial charge in [-0.3, -0.25) is 4.79 Å². The second-order valence-electron chi connectivity index (χ2n) is 6.16. The van der Waals surface area contributed by atoms with Gasteiger partial charge in [0.1, 0.15) is 11.5 Å². The quantitative estimate of drug-likeness (QED) is 0.815. The molecule has 20 heavy (non-hydrogen) atoms. The minimum absolute atomic E-state index is 0.118. The van der Waals surface area contributed by atoms with Crippen LogP contribution in [0.25, 0.3) is 0 Å². The SMILES string of the molecule is O=C1CC=C(C2(c3ccc(O)cc3)CCCCC2)CC1. The highest BCUT2D eigenvalue weighted by molar-refractivity contribution is 5.81. The Morgan fingerprint density at radius 1 is 0.950 bits per heavy atom. The number of hydrogen-bond acceptors (Lipinski definition) is 2. The molecule has 2 heteroatoms. The van der Waals surface area contributed by atoms with E-state index in [-0.39, 0.29) is 5.41 Å². The second-order valence-corrected chi connectivity index (χ2v) is 6.16. The Morgan fingerprint density at radius 3 is 2.25 bits per heavy atom. The third kappa shape index (κ3) is 2.39. The van der Waals surface area contributed by atoms with Crippen molar-refractivity contribution in [1.29, 1.82) is 0 Å². The third-order valence-corrected chi connectivity index (χ3v) is 4.99. The lowest BCUT2D eigenvalue weighted by molar-refractivity contribution is -0.118. The highest BCUT2D eigenvalue weighted by Gasteiger charge is 2.38. The van der Waals surface area contributed by atoms with Gasteiger partial charge in [0.05, 0.1) is 0 Å². The van der Waals surface area contributed by atoms with Crippen LogP contribution in [-0.2, 0) is 10.2 Å². The van der Waals surface area contributed by atoms with Crippen molar-refractivity contribution in [3.05, 3.63) is 41.5 Å². The average Bonchev–Trinajstić information content (AvgIpc) is 2.49. The molecule has 0 saturated heterocycles. The zero-order chi connectivity index (χ0) is 14.0. The Hall–Kier alpha value is -1.57. The maximum absolute atomic E-state index is 11.5. The standard InChI is InChI=1S/C18H22O2/c19-16-8-4-14(5-9-16)18(12-2-1-3-13-18)15-6-10-17(20)11-7-15/h4-6,8-9,19H,1-3,7,10-13H2. The van der Waals surface area contributed by atoms with E-state index in [4.69, 9.17) is 0 Å². The monoisotopic (exact) mass is 270 g/mol. The molecule has 0 heterocycles. The summed E-state index contributed by atoms with van der Waals surface area (Å²) in [6.45, 7) is 0. The predicted octanol–water partition coefficient (Wildman–Crippen LogP) is 4.27. The molecule has 1 aromatic rings. The minimum Gasteiger partial charge on any atom is -0.508 e. The number of carbonyl (C=O) groups is 1. The van der Waals surface area contributed by atoms with Crippen LogP contribution in [0.4, 0.5) is 0 Å². The maximum Gasteiger partial charge on any atom is 0.136 e. The fraction of sp³-hybridized carbons (Fsp3) is 0.500. The van der Waals surface area contributed by atoms with Crippen molar-refractivity contribution < 1.29 is 9.90 Å². The van der Waals surface area contributed by atoms with Crippen LogP contribution in [0.3, 0.4) is 0 Å². The van der Waals surface area contributed by atoms with Gasteiger partial charge < -0.3 is 5.11 Å². The highest BCUT2D eigenvalue weighted by atomic mass is 16.3. The van der Waals surface area contributed by atoms with Crippen molar-refractivity contribution in [3.63, 3.8) is 0 Å². The van der Waals surface area contributed by atoms with E-state index in [2.05, 4.69) is 18.2 Å². The molecule has 1 saturated carbocycles. The highest BCUT2D eigenvalue weighted by Crippen LogP contribution is 2.47. The molecule has 0 aromatic heterocycles. The van der Waals surface area contributed by atoms with Gasteiger partial charge in [0, 0.05) is 18.3 Å². The van der Waals surface area contributed by atoms with Gasteiger partial charge in [-0.15, -0.1) is 0 Å². The van der Waals surface area contributed by atoms with Gasteiger partial charge in [-0.25, -0.2) is 0 Å². The fourth-order valence-electron chi connectivity index (χ4n) is 3.88. The molecule has 2 aliphatic rings. The van der Waals surface area contributed by atoms with Crippen molar-refractivity contribution in [1.82, 2.24) is 0 Å². The second kappa shape index (κ2) is 5.43. The van der Waals surface area contributed by atoms with E-state index in [1.807, 2.05) is 0 Å². The average molecular weight is 270 g/mol. The number of ketones is 1. The van der Waals surface area contributed by atoms with Crippen LogP contribution in [0, 0.1) is 0 Å². The number of hydrogen-bond donors (Lipinski definition) is 1. The van der Waals surface area contributed by atoms with Crippen molar-refractivity contribution in [2.75, 3.05) is 0 Å². The van der Waals surface area contributed by atoms with Crippen LogP contribution < -0.4 is 0 Å². The zero-order valence-corrected chi connectivity index (χ0v) is 11.9. The first-order valence-electron chi connectivity index (χ1n) is 7.71. The largest absolute Gasteiger partial charge is 0.508 e. The van der Waals surface area contributed by atoms with Crippen LogP contribution in [-0.4, -0.2) is 10.9 Å². The van der Waals surface area contributed by atoms with Crippen LogP contribution >= 0.6 is 0 Å². The molecule has 1 fully saturated rings. The first kappa shape index (κ1) is 13.4. The molecule has 1 N–H and O–H groups in total. The van der Waals surface area contributed by atoms with Gasteiger partial charge in [0.2, 0.25) is 0 Å². The van der Waals surface area contributed by atoms with Gasteiger partial charge in [-0.1, -0.05) is 43.0 Å². The van der Waals surface area contributed by atoms with E-state index in [1.165, 1.54) is 43.2 Å². The van der Waals surface area contributed by atoms with E-state index in [0.29, 0.717) is 24.4 Å². The third-order valence-electron chi connectivity index (χ3n) is 4.99. The number of aromatic hydroxyl groups is 1. The Labute approximate surface area is 120 Å². The predicted molar refractivity (Wildman–Crippen MR) is 79.8 cm³/mol. The fourth-order valence-corrected chi connectivity index (χ4v) is 3.88. The summed E-state index contributed by atoms with van der Waals surface area (Å²) in [6, 6.07) is 7.72. The summed E-state index contributed by atoms with van der Waals surface area (Å²) in [5.41, 5.74) is 2.89. The summed E-state index contributed by atoms with van der Waals surface area (Å²) < 4.78 is 0. The maximum atomic E-state index is 11.5. The lowest BCUT2D eigenvalue weighted by atomic mass is 9.63. The molecule has 0 aliphatic heterocycles. The van der Waals surface area contributed by atoms with Gasteiger partial charge in [-0.2, -0.15) is 0 Å². The minimum atomic E-state index is 0.118. The van der Waals surface area contributed by atoms with Gasteiger partial charge in [-0.05, 0) is 37.0 Å². The van der Waals surface area contributed by atoms with Crippen molar-refractivity contribution in [2.24, 2.45) is 0 Å². The van der Waals surface area contributed by atoms with E-state index in [0.717, 1.165) is 6.42 Å². The molecular weight excluding hydrogens is 248 g/mol. The summed E-state index contributed by atoms with van der Waals surface area (Å²) in [4.78, 5) is 11.5. The number of phenolic OH excluding ortho intramolecular Hbond substituents is 1. The molecule has 0 unspecified atom stereocenters. The normalized spacial score (nSPS) is 22.4. The zero-order valence-electron chi connectivity index (χ0n) is 11.9. The van der Waals surface area contributed by atoms with Crippen molar-refractivity contribution >= 4 is 5.78 Å². The molecule has 106 valence electrons. The number of allylic oxidation sites excluding steroid dienone is 2. The van der Waals surface area contributed by atoms with E-state index < -0.39 is 0 Å². The van der Waals surface area contributed by atoms with Gasteiger partial charge in [0.25, 0.3) is 0 Å². The van der Waals surface area contributed by atoms with Crippen LogP contribution in [0.5, 0.6) is 5.75 Å². The molecule has 0 bridgehead atoms. The Bertz CT molecular complexity index is 519. The summed E-state index contributed by atoms with van der Waals surface area (Å²) in [5.74, 6) is 0.693.